The number of rotatable bonds is 5. The highest BCUT2D eigenvalue weighted by atomic mass is 16.6. The molecule has 174 valence electrons. The standard InChI is InChI=1S/C25H33NO6/c1-24(2,3)31-22(28)20(17-9-10-26(13-17)23(29)32-25(4,5)6)11-16-7-8-19-18(14-27)15-30-21(19)12-16/h7-8,12,14-15,17,20H,9-11,13H2,1-6H3/t17-,20-/m0/s1. The molecule has 0 saturated carbocycles. The van der Waals surface area contributed by atoms with Crippen molar-refractivity contribution >= 4 is 29.3 Å². The summed E-state index contributed by atoms with van der Waals surface area (Å²) in [7, 11) is 0. The molecule has 0 unspecified atom stereocenters. The van der Waals surface area contributed by atoms with E-state index in [2.05, 4.69) is 0 Å². The van der Waals surface area contributed by atoms with Gasteiger partial charge in [0.05, 0.1) is 11.5 Å². The smallest absolute Gasteiger partial charge is 0.410 e. The Bertz CT molecular complexity index is 994. The van der Waals surface area contributed by atoms with Crippen LogP contribution in [0, 0.1) is 11.8 Å². The highest BCUT2D eigenvalue weighted by Crippen LogP contribution is 2.31. The molecule has 2 aromatic rings. The lowest BCUT2D eigenvalue weighted by atomic mass is 9.85. The van der Waals surface area contributed by atoms with Crippen molar-refractivity contribution in [3.05, 3.63) is 35.6 Å². The molecule has 3 rings (SSSR count). The van der Waals surface area contributed by atoms with Gasteiger partial charge in [-0.3, -0.25) is 9.59 Å². The van der Waals surface area contributed by atoms with E-state index < -0.39 is 17.1 Å². The minimum atomic E-state index is -0.609. The van der Waals surface area contributed by atoms with Gasteiger partial charge in [-0.2, -0.15) is 0 Å². The third-order valence-corrected chi connectivity index (χ3v) is 5.41. The Morgan fingerprint density at radius 1 is 1.16 bits per heavy atom. The molecule has 1 fully saturated rings. The van der Waals surface area contributed by atoms with E-state index in [0.717, 1.165) is 17.2 Å². The normalized spacial score (nSPS) is 17.9. The van der Waals surface area contributed by atoms with Crippen LogP contribution in [0.3, 0.4) is 0 Å². The second-order valence-electron chi connectivity index (χ2n) is 10.5. The van der Waals surface area contributed by atoms with Gasteiger partial charge in [-0.1, -0.05) is 12.1 Å². The Morgan fingerprint density at radius 3 is 2.47 bits per heavy atom. The van der Waals surface area contributed by atoms with Gasteiger partial charge in [-0.15, -0.1) is 0 Å². The fourth-order valence-corrected chi connectivity index (χ4v) is 3.99. The summed E-state index contributed by atoms with van der Waals surface area (Å²) in [6.07, 6.45) is 2.98. The van der Waals surface area contributed by atoms with Crippen LogP contribution in [0.4, 0.5) is 4.79 Å². The molecular formula is C25H33NO6. The lowest BCUT2D eigenvalue weighted by Crippen LogP contribution is -2.38. The van der Waals surface area contributed by atoms with Crippen molar-refractivity contribution in [1.82, 2.24) is 4.90 Å². The number of carbonyl (C=O) groups excluding carboxylic acids is 3. The van der Waals surface area contributed by atoms with E-state index in [-0.39, 0.29) is 18.0 Å². The summed E-state index contributed by atoms with van der Waals surface area (Å²) in [6, 6.07) is 5.61. The number of benzene rings is 1. The second kappa shape index (κ2) is 8.96. The first-order chi connectivity index (χ1) is 14.9. The number of esters is 1. The molecule has 0 N–H and O–H groups in total. The summed E-state index contributed by atoms with van der Waals surface area (Å²) in [5, 5.41) is 0.745. The van der Waals surface area contributed by atoms with Crippen molar-refractivity contribution in [3.63, 3.8) is 0 Å². The van der Waals surface area contributed by atoms with Gasteiger partial charge in [0.15, 0.2) is 6.29 Å². The summed E-state index contributed by atoms with van der Waals surface area (Å²) in [6.45, 7) is 12.0. The average molecular weight is 444 g/mol. The van der Waals surface area contributed by atoms with Crippen LogP contribution in [0.5, 0.6) is 0 Å². The molecule has 32 heavy (non-hydrogen) atoms. The fourth-order valence-electron chi connectivity index (χ4n) is 3.99. The van der Waals surface area contributed by atoms with Crippen molar-refractivity contribution < 1.29 is 28.3 Å². The topological polar surface area (TPSA) is 86.1 Å². The number of likely N-dealkylation sites (tertiary alicyclic amines) is 1. The molecule has 2 heterocycles. The molecular weight excluding hydrogens is 410 g/mol. The molecule has 1 saturated heterocycles. The third kappa shape index (κ3) is 5.90. The van der Waals surface area contributed by atoms with Gasteiger partial charge >= 0.3 is 12.1 Å². The highest BCUT2D eigenvalue weighted by molar-refractivity contribution is 5.96. The molecule has 1 aromatic heterocycles. The number of amides is 1. The number of hydrogen-bond donors (Lipinski definition) is 0. The van der Waals surface area contributed by atoms with Crippen LogP contribution >= 0.6 is 0 Å². The minimum absolute atomic E-state index is 0.0461. The lowest BCUT2D eigenvalue weighted by molar-refractivity contribution is -0.161. The maximum atomic E-state index is 13.1. The number of furan rings is 1. The molecule has 1 aromatic carbocycles. The van der Waals surface area contributed by atoms with Gasteiger partial charge in [0.1, 0.15) is 23.0 Å². The van der Waals surface area contributed by atoms with Crippen LogP contribution in [0.2, 0.25) is 0 Å². The molecule has 1 amide bonds. The third-order valence-electron chi connectivity index (χ3n) is 5.41. The quantitative estimate of drug-likeness (QED) is 0.477. The zero-order valence-electron chi connectivity index (χ0n) is 19.8. The summed E-state index contributed by atoms with van der Waals surface area (Å²) >= 11 is 0. The van der Waals surface area contributed by atoms with Crippen molar-refractivity contribution in [2.24, 2.45) is 11.8 Å². The summed E-state index contributed by atoms with van der Waals surface area (Å²) in [5.74, 6) is -0.739. The summed E-state index contributed by atoms with van der Waals surface area (Å²) in [5.41, 5.74) is 0.838. The number of hydrogen-bond acceptors (Lipinski definition) is 6. The first-order valence-corrected chi connectivity index (χ1v) is 11.0. The zero-order chi connectivity index (χ0) is 23.7. The molecule has 1 aliphatic rings. The first-order valence-electron chi connectivity index (χ1n) is 11.0. The number of nitrogens with zero attached hydrogens (tertiary/aromatic N) is 1. The SMILES string of the molecule is CC(C)(C)OC(=O)[C@@H](Cc1ccc2c(C=O)coc2c1)[C@H]1CCN(C(=O)OC(C)(C)C)C1. The van der Waals surface area contributed by atoms with Gasteiger partial charge in [-0.05, 0) is 71.9 Å². The second-order valence-corrected chi connectivity index (χ2v) is 10.5. The summed E-state index contributed by atoms with van der Waals surface area (Å²) in [4.78, 5) is 38.5. The van der Waals surface area contributed by atoms with Crippen molar-refractivity contribution in [2.45, 2.75) is 65.6 Å². The van der Waals surface area contributed by atoms with E-state index in [1.54, 1.807) is 4.90 Å². The van der Waals surface area contributed by atoms with E-state index in [4.69, 9.17) is 13.9 Å². The molecule has 2 atom stereocenters. The number of aldehydes is 1. The van der Waals surface area contributed by atoms with Gasteiger partial charge in [0.25, 0.3) is 0 Å². The van der Waals surface area contributed by atoms with Crippen LogP contribution in [-0.4, -0.2) is 47.5 Å². The van der Waals surface area contributed by atoms with Crippen LogP contribution in [-0.2, 0) is 20.7 Å². The monoisotopic (exact) mass is 443 g/mol. The first kappa shape index (κ1) is 23.8. The molecule has 7 heteroatoms. The van der Waals surface area contributed by atoms with Crippen LogP contribution in [0.25, 0.3) is 11.0 Å². The molecule has 1 aliphatic heterocycles. The predicted molar refractivity (Wildman–Crippen MR) is 121 cm³/mol. The number of carbonyl (C=O) groups is 3. The Hall–Kier alpha value is -2.83. The van der Waals surface area contributed by atoms with Crippen LogP contribution in [0.15, 0.2) is 28.9 Å². The Kier molecular flexibility index (Phi) is 6.67. The average Bonchev–Trinajstić information content (AvgIpc) is 3.30. The Morgan fingerprint density at radius 2 is 1.84 bits per heavy atom. The van der Waals surface area contributed by atoms with Crippen molar-refractivity contribution in [1.29, 1.82) is 0 Å². The molecule has 7 nitrogen and oxygen atoms in total. The number of fused-ring (bicyclic) bond motifs is 1. The van der Waals surface area contributed by atoms with E-state index in [1.165, 1.54) is 6.26 Å². The van der Waals surface area contributed by atoms with Crippen LogP contribution < -0.4 is 0 Å². The van der Waals surface area contributed by atoms with E-state index in [0.29, 0.717) is 37.1 Å². The molecule has 0 aliphatic carbocycles. The number of ether oxygens (including phenoxy) is 2. The van der Waals surface area contributed by atoms with E-state index >= 15 is 0 Å². The fraction of sp³-hybridized carbons (Fsp3) is 0.560. The molecule has 0 bridgehead atoms. The Labute approximate surface area is 189 Å². The molecule has 0 spiro atoms. The lowest BCUT2D eigenvalue weighted by Gasteiger charge is -2.28. The predicted octanol–water partition coefficient (Wildman–Crippen LogP) is 5.00. The van der Waals surface area contributed by atoms with Gasteiger partial charge in [-0.25, -0.2) is 4.79 Å². The van der Waals surface area contributed by atoms with E-state index in [9.17, 15) is 14.4 Å². The van der Waals surface area contributed by atoms with Crippen molar-refractivity contribution in [3.8, 4) is 0 Å². The van der Waals surface area contributed by atoms with Gasteiger partial charge in [0.2, 0.25) is 0 Å². The van der Waals surface area contributed by atoms with Crippen molar-refractivity contribution in [2.75, 3.05) is 13.1 Å². The minimum Gasteiger partial charge on any atom is -0.464 e. The van der Waals surface area contributed by atoms with Gasteiger partial charge in [0, 0.05) is 18.5 Å². The zero-order valence-corrected chi connectivity index (χ0v) is 19.8. The highest BCUT2D eigenvalue weighted by Gasteiger charge is 2.39. The van der Waals surface area contributed by atoms with E-state index in [1.807, 2.05) is 59.7 Å². The molecule has 0 radical (unpaired) electrons. The van der Waals surface area contributed by atoms with Gasteiger partial charge < -0.3 is 18.8 Å². The largest absolute Gasteiger partial charge is 0.464 e. The van der Waals surface area contributed by atoms with Crippen LogP contribution in [0.1, 0.15) is 63.9 Å². The maximum absolute atomic E-state index is 13.1. The maximum Gasteiger partial charge on any atom is 0.410 e. The Balaban J connectivity index is 1.81. The summed E-state index contributed by atoms with van der Waals surface area (Å²) < 4.78 is 16.7.